The van der Waals surface area contributed by atoms with Gasteiger partial charge in [0, 0.05) is 36.3 Å². The highest BCUT2D eigenvalue weighted by Gasteiger charge is 2.47. The zero-order chi connectivity index (χ0) is 42.1. The number of rotatable bonds is 12. The molecule has 3 aromatic carbocycles. The van der Waals surface area contributed by atoms with Crippen LogP contribution in [0.15, 0.2) is 97.3 Å². The fraction of sp³-hybridized carbons (Fsp3) is 0.268. The maximum atomic E-state index is 14.8. The van der Waals surface area contributed by atoms with Gasteiger partial charge in [-0.05, 0) is 92.0 Å². The largest absolute Gasteiger partial charge is 0.495 e. The number of aliphatic hydroxyl groups excluding tert-OH is 1. The van der Waals surface area contributed by atoms with Crippen LogP contribution in [0.3, 0.4) is 0 Å². The Balaban J connectivity index is 1.19. The van der Waals surface area contributed by atoms with E-state index in [1.165, 1.54) is 24.6 Å². The molecule has 12 nitrogen and oxygen atoms in total. The normalized spacial score (nSPS) is 14.6. The third kappa shape index (κ3) is 9.04. The van der Waals surface area contributed by atoms with Crippen molar-refractivity contribution < 1.29 is 45.0 Å². The second-order valence-corrected chi connectivity index (χ2v) is 16.3. The van der Waals surface area contributed by atoms with E-state index in [4.69, 9.17) is 14.7 Å². The van der Waals surface area contributed by atoms with Crippen molar-refractivity contribution in [3.63, 3.8) is 0 Å². The van der Waals surface area contributed by atoms with Gasteiger partial charge < -0.3 is 20.1 Å². The van der Waals surface area contributed by atoms with Crippen LogP contribution in [0.25, 0.3) is 28.3 Å². The highest BCUT2D eigenvalue weighted by atomic mass is 32.2. The van der Waals surface area contributed by atoms with Gasteiger partial charge in [-0.3, -0.25) is 14.1 Å². The molecule has 1 amide bonds. The SMILES string of the molecule is COc1cc(C2CCN(CCS(C)(=O)=O)CC2)ccc1Nc1nccc(-c2c(-c3cccc(C(=O)N(c4c(F)cccc4F)C(O)C(F)(F)F)c3)nc3ccccn23)n1. The number of amides is 1. The maximum absolute atomic E-state index is 14.8. The number of piperidine rings is 1. The van der Waals surface area contributed by atoms with Crippen LogP contribution in [0, 0.1) is 11.6 Å². The number of halogens is 5. The van der Waals surface area contributed by atoms with E-state index in [9.17, 15) is 40.3 Å². The monoisotopic (exact) mass is 835 g/mol. The Hall–Kier alpha value is -5.98. The Morgan fingerprint density at radius 3 is 2.41 bits per heavy atom. The summed E-state index contributed by atoms with van der Waals surface area (Å²) in [5.41, 5.74) is 1.64. The lowest BCUT2D eigenvalue weighted by Gasteiger charge is -2.32. The lowest BCUT2D eigenvalue weighted by molar-refractivity contribution is -0.201. The molecular formula is C41H38F5N7O5S. The standard InChI is InChI=1S/C41H38F5N7O5S/c1-58-33-24-26(25-15-19-51(20-16-25)21-22-59(2,56)57)12-13-31(33)48-40-47-17-14-32(49-40)37-35(50-34-11-3-4-18-52(34)37)27-7-5-8-28(23-27)38(54)53(39(55)41(44,45)46)36-29(42)9-6-10-30(36)43/h3-14,17-18,23-25,39,55H,15-16,19-22H2,1-2H3,(H,47,48,49). The Morgan fingerprint density at radius 2 is 1.71 bits per heavy atom. The van der Waals surface area contributed by atoms with Gasteiger partial charge in [-0.25, -0.2) is 32.2 Å². The number of methoxy groups -OCH3 is 1. The molecule has 0 saturated carbocycles. The number of alkyl halides is 3. The second kappa shape index (κ2) is 16.7. The van der Waals surface area contributed by atoms with Gasteiger partial charge in [0.2, 0.25) is 12.2 Å². The van der Waals surface area contributed by atoms with Gasteiger partial charge in [-0.2, -0.15) is 13.2 Å². The third-order valence-corrected chi connectivity index (χ3v) is 11.0. The number of carbonyl (C=O) groups is 1. The average Bonchev–Trinajstić information content (AvgIpc) is 3.61. The lowest BCUT2D eigenvalue weighted by Crippen LogP contribution is -2.50. The van der Waals surface area contributed by atoms with Crippen molar-refractivity contribution in [1.29, 1.82) is 0 Å². The van der Waals surface area contributed by atoms with Crippen molar-refractivity contribution in [2.45, 2.75) is 31.2 Å². The minimum atomic E-state index is -5.45. The molecule has 0 spiro atoms. The molecule has 1 aliphatic rings. The number of anilines is 3. The topological polar surface area (TPSA) is 142 Å². The van der Waals surface area contributed by atoms with Gasteiger partial charge >= 0.3 is 6.18 Å². The van der Waals surface area contributed by atoms with E-state index in [0.717, 1.165) is 43.6 Å². The van der Waals surface area contributed by atoms with Crippen molar-refractivity contribution in [3.05, 3.63) is 120 Å². The van der Waals surface area contributed by atoms with Crippen molar-refractivity contribution in [3.8, 4) is 28.4 Å². The molecule has 2 N–H and O–H groups in total. The third-order valence-electron chi connectivity index (χ3n) is 10.1. The van der Waals surface area contributed by atoms with Crippen molar-refractivity contribution in [1.82, 2.24) is 24.3 Å². The van der Waals surface area contributed by atoms with Crippen LogP contribution in [0.5, 0.6) is 5.75 Å². The van der Waals surface area contributed by atoms with Gasteiger partial charge in [-0.15, -0.1) is 0 Å². The molecule has 1 atom stereocenters. The number of carbonyl (C=O) groups excluding carboxylic acids is 1. The van der Waals surface area contributed by atoms with E-state index < -0.39 is 51.0 Å². The van der Waals surface area contributed by atoms with E-state index in [2.05, 4.69) is 15.2 Å². The average molecular weight is 836 g/mol. The molecule has 308 valence electrons. The number of hydrogen-bond donors (Lipinski definition) is 2. The first-order valence-electron chi connectivity index (χ1n) is 18.4. The maximum Gasteiger partial charge on any atom is 0.433 e. The molecule has 0 radical (unpaired) electrons. The summed E-state index contributed by atoms with van der Waals surface area (Å²) in [4.78, 5) is 29.5. The number of aliphatic hydroxyl groups is 1. The number of para-hydroxylation sites is 1. The fourth-order valence-corrected chi connectivity index (χ4v) is 7.69. The number of nitrogens with zero attached hydrogens (tertiary/aromatic N) is 6. The highest BCUT2D eigenvalue weighted by molar-refractivity contribution is 7.90. The molecule has 1 saturated heterocycles. The quantitative estimate of drug-likeness (QED) is 0.0958. The Bertz CT molecular complexity index is 2600. The van der Waals surface area contributed by atoms with Crippen LogP contribution in [0.1, 0.15) is 34.7 Å². The van der Waals surface area contributed by atoms with Crippen LogP contribution in [-0.4, -0.2) is 94.8 Å². The second-order valence-electron chi connectivity index (χ2n) is 14.1. The van der Waals surface area contributed by atoms with Gasteiger partial charge in [0.1, 0.15) is 38.6 Å². The highest BCUT2D eigenvalue weighted by Crippen LogP contribution is 2.38. The van der Waals surface area contributed by atoms with E-state index in [0.29, 0.717) is 47.1 Å². The number of likely N-dealkylation sites (tertiary alicyclic amines) is 1. The van der Waals surface area contributed by atoms with Crippen LogP contribution in [-0.2, 0) is 9.84 Å². The molecule has 59 heavy (non-hydrogen) atoms. The number of imidazole rings is 1. The summed E-state index contributed by atoms with van der Waals surface area (Å²) in [6, 6.07) is 20.3. The van der Waals surface area contributed by atoms with Crippen LogP contribution < -0.4 is 15.0 Å². The summed E-state index contributed by atoms with van der Waals surface area (Å²) in [5, 5.41) is 13.4. The van der Waals surface area contributed by atoms with Crippen molar-refractivity contribution >= 4 is 38.7 Å². The fourth-order valence-electron chi connectivity index (χ4n) is 7.10. The number of benzene rings is 3. The molecule has 3 aromatic heterocycles. The molecule has 1 unspecified atom stereocenters. The molecule has 0 bridgehead atoms. The van der Waals surface area contributed by atoms with Gasteiger partial charge in [-0.1, -0.05) is 30.3 Å². The molecule has 6 aromatic rings. The minimum Gasteiger partial charge on any atom is -0.495 e. The molecule has 4 heterocycles. The first-order chi connectivity index (χ1) is 28.1. The lowest BCUT2D eigenvalue weighted by atomic mass is 9.89. The molecule has 7 rings (SSSR count). The summed E-state index contributed by atoms with van der Waals surface area (Å²) < 4.78 is 102. The summed E-state index contributed by atoms with van der Waals surface area (Å²) in [7, 11) is -1.49. The Morgan fingerprint density at radius 1 is 0.983 bits per heavy atom. The predicted octanol–water partition coefficient (Wildman–Crippen LogP) is 7.24. The summed E-state index contributed by atoms with van der Waals surface area (Å²) in [5.74, 6) is -3.36. The van der Waals surface area contributed by atoms with E-state index in [1.54, 1.807) is 48.0 Å². The zero-order valence-electron chi connectivity index (χ0n) is 31.7. The van der Waals surface area contributed by atoms with Crippen LogP contribution in [0.4, 0.5) is 39.3 Å². The number of sulfone groups is 1. The van der Waals surface area contributed by atoms with Gasteiger partial charge in [0.15, 0.2) is 0 Å². The Labute approximate surface area is 335 Å². The summed E-state index contributed by atoms with van der Waals surface area (Å²) in [6.45, 7) is 2.07. The van der Waals surface area contributed by atoms with E-state index >= 15 is 0 Å². The smallest absolute Gasteiger partial charge is 0.433 e. The zero-order valence-corrected chi connectivity index (χ0v) is 32.5. The van der Waals surface area contributed by atoms with E-state index in [1.807, 2.05) is 18.2 Å². The molecule has 18 heteroatoms. The molecular weight excluding hydrogens is 798 g/mol. The number of nitrogens with one attached hydrogen (secondary N) is 1. The number of fused-ring (bicyclic) bond motifs is 1. The molecule has 1 fully saturated rings. The summed E-state index contributed by atoms with van der Waals surface area (Å²) in [6.07, 6.45) is -2.81. The minimum absolute atomic E-state index is 0.128. The van der Waals surface area contributed by atoms with Crippen LogP contribution in [0.2, 0.25) is 0 Å². The summed E-state index contributed by atoms with van der Waals surface area (Å²) >= 11 is 0. The van der Waals surface area contributed by atoms with Crippen molar-refractivity contribution in [2.24, 2.45) is 0 Å². The number of hydrogen-bond acceptors (Lipinski definition) is 10. The first-order valence-corrected chi connectivity index (χ1v) is 20.5. The van der Waals surface area contributed by atoms with E-state index in [-0.39, 0.29) is 33.8 Å². The van der Waals surface area contributed by atoms with Gasteiger partial charge in [0.05, 0.1) is 35.6 Å². The van der Waals surface area contributed by atoms with Crippen molar-refractivity contribution in [2.75, 3.05) is 49.0 Å². The number of aromatic nitrogens is 4. The number of ether oxygens (including phenoxy) is 1. The number of pyridine rings is 1. The van der Waals surface area contributed by atoms with Gasteiger partial charge in [0.25, 0.3) is 5.91 Å². The predicted molar refractivity (Wildman–Crippen MR) is 211 cm³/mol. The van der Waals surface area contributed by atoms with Crippen LogP contribution >= 0.6 is 0 Å². The molecule has 0 aliphatic carbocycles. The first kappa shape index (κ1) is 41.2. The Kier molecular flexibility index (Phi) is 11.7. The molecule has 1 aliphatic heterocycles.